The van der Waals surface area contributed by atoms with Crippen molar-refractivity contribution in [2.45, 2.75) is 57.3 Å². The molecule has 1 saturated heterocycles. The third-order valence-corrected chi connectivity index (χ3v) is 4.95. The Morgan fingerprint density at radius 3 is 2.18 bits per heavy atom. The van der Waals surface area contributed by atoms with E-state index in [1.807, 2.05) is 61.5 Å². The first kappa shape index (κ1) is 20.0. The average Bonchev–Trinajstić information content (AvgIpc) is 3.02. The molecule has 0 saturated carbocycles. The minimum Gasteiger partial charge on any atom is -0.459 e. The summed E-state index contributed by atoms with van der Waals surface area (Å²) in [5.41, 5.74) is 1.94. The van der Waals surface area contributed by atoms with Crippen LogP contribution in [-0.4, -0.2) is 28.6 Å². The molecule has 6 heteroatoms. The Balaban J connectivity index is 2.05. The second kappa shape index (κ2) is 7.72. The van der Waals surface area contributed by atoms with Crippen molar-refractivity contribution in [1.29, 1.82) is 0 Å². The van der Waals surface area contributed by atoms with Crippen molar-refractivity contribution >= 4 is 5.97 Å². The van der Waals surface area contributed by atoms with Crippen LogP contribution >= 0.6 is 0 Å². The number of esters is 1. The lowest BCUT2D eigenvalue weighted by Gasteiger charge is -2.25. The molecule has 0 amide bonds. The number of nitrogens with one attached hydrogen (secondary N) is 1. The second-order valence-corrected chi connectivity index (χ2v) is 8.28. The lowest BCUT2D eigenvalue weighted by atomic mass is 9.85. The maximum Gasteiger partial charge on any atom is 0.324 e. The molecule has 1 aliphatic heterocycles. The van der Waals surface area contributed by atoms with Gasteiger partial charge in [-0.15, -0.1) is 0 Å². The number of hydrogen-bond acceptors (Lipinski definition) is 5. The van der Waals surface area contributed by atoms with Crippen molar-refractivity contribution in [3.05, 3.63) is 81.4 Å². The number of carbonyl (C=O) groups excluding carboxylic acids is 1. The van der Waals surface area contributed by atoms with Crippen LogP contribution in [0.3, 0.4) is 0 Å². The van der Waals surface area contributed by atoms with E-state index >= 15 is 0 Å². The van der Waals surface area contributed by atoms with Crippen molar-refractivity contribution in [1.82, 2.24) is 5.32 Å². The third-order valence-electron chi connectivity index (χ3n) is 4.95. The minimum absolute atomic E-state index is 0.278. The summed E-state index contributed by atoms with van der Waals surface area (Å²) in [5.74, 6) is -1.10. The smallest absolute Gasteiger partial charge is 0.324 e. The van der Waals surface area contributed by atoms with E-state index in [0.29, 0.717) is 0 Å². The van der Waals surface area contributed by atoms with Gasteiger partial charge in [0, 0.05) is 4.92 Å². The molecule has 3 rings (SSSR count). The molecule has 0 radical (unpaired) electrons. The largest absolute Gasteiger partial charge is 0.459 e. The molecular weight excluding hydrogens is 356 g/mol. The van der Waals surface area contributed by atoms with Gasteiger partial charge in [0.25, 0.3) is 0 Å². The van der Waals surface area contributed by atoms with Gasteiger partial charge in [0.05, 0.1) is 5.92 Å². The van der Waals surface area contributed by atoms with Crippen molar-refractivity contribution in [3.63, 3.8) is 0 Å². The van der Waals surface area contributed by atoms with Crippen molar-refractivity contribution in [2.75, 3.05) is 0 Å². The highest BCUT2D eigenvalue weighted by Crippen LogP contribution is 2.40. The molecule has 0 aliphatic carbocycles. The number of carbonyl (C=O) groups is 1. The normalized spacial score (nSPS) is 24.7. The highest BCUT2D eigenvalue weighted by molar-refractivity contribution is 5.78. The summed E-state index contributed by atoms with van der Waals surface area (Å²) >= 11 is 0. The zero-order chi connectivity index (χ0) is 20.5. The predicted octanol–water partition coefficient (Wildman–Crippen LogP) is 3.78. The lowest BCUT2D eigenvalue weighted by molar-refractivity contribution is -0.527. The monoisotopic (exact) mass is 382 g/mol. The highest BCUT2D eigenvalue weighted by atomic mass is 16.6. The van der Waals surface area contributed by atoms with Gasteiger partial charge in [0.1, 0.15) is 17.7 Å². The summed E-state index contributed by atoms with van der Waals surface area (Å²) in [5, 5.41) is 15.3. The number of benzene rings is 2. The first-order chi connectivity index (χ1) is 13.2. The summed E-state index contributed by atoms with van der Waals surface area (Å²) in [6.45, 7) is 7.34. The number of aryl methyl sites for hydroxylation is 1. The molecule has 1 aliphatic rings. The van der Waals surface area contributed by atoms with E-state index in [1.54, 1.807) is 20.8 Å². The SMILES string of the molecule is Cc1ccc([C@@H]2N[C@H](C(=O)OC(C)(C)C)[C@@H](c3ccccc3)[C@@H]2[N+](=O)[O-])cc1. The maximum atomic E-state index is 12.9. The number of nitro groups is 1. The van der Waals surface area contributed by atoms with Crippen LogP contribution < -0.4 is 5.32 Å². The van der Waals surface area contributed by atoms with Gasteiger partial charge in [-0.2, -0.15) is 0 Å². The second-order valence-electron chi connectivity index (χ2n) is 8.28. The summed E-state index contributed by atoms with van der Waals surface area (Å²) in [4.78, 5) is 24.8. The van der Waals surface area contributed by atoms with Gasteiger partial charge in [-0.3, -0.25) is 20.2 Å². The Kier molecular flexibility index (Phi) is 5.52. The molecule has 1 fully saturated rings. The molecule has 0 unspecified atom stereocenters. The zero-order valence-electron chi connectivity index (χ0n) is 16.6. The van der Waals surface area contributed by atoms with E-state index in [1.165, 1.54) is 0 Å². The first-order valence-electron chi connectivity index (χ1n) is 9.41. The molecule has 4 atom stereocenters. The van der Waals surface area contributed by atoms with E-state index in [9.17, 15) is 14.9 Å². The summed E-state index contributed by atoms with van der Waals surface area (Å²) in [6.07, 6.45) is 0. The van der Waals surface area contributed by atoms with Crippen LogP contribution in [-0.2, 0) is 9.53 Å². The fourth-order valence-electron chi connectivity index (χ4n) is 3.77. The maximum absolute atomic E-state index is 12.9. The fourth-order valence-corrected chi connectivity index (χ4v) is 3.77. The molecular formula is C22H26N2O4. The fraction of sp³-hybridized carbons (Fsp3) is 0.409. The van der Waals surface area contributed by atoms with Gasteiger partial charge in [-0.1, -0.05) is 60.2 Å². The topological polar surface area (TPSA) is 81.5 Å². The van der Waals surface area contributed by atoms with E-state index in [4.69, 9.17) is 4.74 Å². The third kappa shape index (κ3) is 4.22. The molecule has 0 spiro atoms. The first-order valence-corrected chi connectivity index (χ1v) is 9.41. The van der Waals surface area contributed by atoms with Crippen LogP contribution in [0.25, 0.3) is 0 Å². The van der Waals surface area contributed by atoms with Crippen LogP contribution in [0.4, 0.5) is 0 Å². The number of ether oxygens (including phenoxy) is 1. The minimum atomic E-state index is -0.984. The quantitative estimate of drug-likeness (QED) is 0.494. The standard InChI is InChI=1S/C22H26N2O4/c1-14-10-12-16(13-11-14)18-20(24(26)27)17(15-8-6-5-7-9-15)19(23-18)21(25)28-22(2,3)4/h5-13,17-20,23H,1-4H3/t17-,18+,19+,20+/m1/s1. The number of nitrogens with zero attached hydrogens (tertiary/aromatic N) is 1. The van der Waals surface area contributed by atoms with Crippen LogP contribution in [0.5, 0.6) is 0 Å². The molecule has 0 aromatic heterocycles. The molecule has 2 aromatic carbocycles. The highest BCUT2D eigenvalue weighted by Gasteiger charge is 2.55. The summed E-state index contributed by atoms with van der Waals surface area (Å²) < 4.78 is 5.58. The summed E-state index contributed by atoms with van der Waals surface area (Å²) in [7, 11) is 0. The average molecular weight is 382 g/mol. The van der Waals surface area contributed by atoms with Gasteiger partial charge >= 0.3 is 5.97 Å². The zero-order valence-corrected chi connectivity index (χ0v) is 16.6. The van der Waals surface area contributed by atoms with E-state index < -0.39 is 35.6 Å². The van der Waals surface area contributed by atoms with Crippen LogP contribution in [0.15, 0.2) is 54.6 Å². The van der Waals surface area contributed by atoms with Crippen molar-refractivity contribution in [2.24, 2.45) is 0 Å². The van der Waals surface area contributed by atoms with Crippen LogP contribution in [0.2, 0.25) is 0 Å². The Morgan fingerprint density at radius 2 is 1.64 bits per heavy atom. The molecule has 2 aromatic rings. The molecule has 1 N–H and O–H groups in total. The van der Waals surface area contributed by atoms with Gasteiger partial charge < -0.3 is 4.74 Å². The molecule has 0 bridgehead atoms. The van der Waals surface area contributed by atoms with E-state index in [-0.39, 0.29) is 4.92 Å². The van der Waals surface area contributed by atoms with Gasteiger partial charge in [-0.25, -0.2) is 0 Å². The van der Waals surface area contributed by atoms with Gasteiger partial charge in [-0.05, 0) is 38.8 Å². The molecule has 6 nitrogen and oxygen atoms in total. The Bertz CT molecular complexity index is 843. The van der Waals surface area contributed by atoms with Crippen molar-refractivity contribution in [3.8, 4) is 0 Å². The van der Waals surface area contributed by atoms with Crippen LogP contribution in [0, 0.1) is 17.0 Å². The Morgan fingerprint density at radius 1 is 1.04 bits per heavy atom. The van der Waals surface area contributed by atoms with E-state index in [2.05, 4.69) is 5.32 Å². The van der Waals surface area contributed by atoms with Gasteiger partial charge in [0.2, 0.25) is 6.04 Å². The summed E-state index contributed by atoms with van der Waals surface area (Å²) in [6, 6.07) is 14.4. The Hall–Kier alpha value is -2.73. The van der Waals surface area contributed by atoms with Crippen LogP contribution in [0.1, 0.15) is 49.4 Å². The molecule has 1 heterocycles. The number of hydrogen-bond donors (Lipinski definition) is 1. The molecule has 148 valence electrons. The van der Waals surface area contributed by atoms with Gasteiger partial charge in [0.15, 0.2) is 0 Å². The predicted molar refractivity (Wildman–Crippen MR) is 107 cm³/mol. The molecule has 28 heavy (non-hydrogen) atoms. The van der Waals surface area contributed by atoms with E-state index in [0.717, 1.165) is 16.7 Å². The number of rotatable bonds is 4. The lowest BCUT2D eigenvalue weighted by Crippen LogP contribution is -2.41. The van der Waals surface area contributed by atoms with Crippen molar-refractivity contribution < 1.29 is 14.5 Å². The Labute approximate surface area is 165 Å².